The van der Waals surface area contributed by atoms with Crippen LogP contribution in [0.2, 0.25) is 0 Å². The average Bonchev–Trinajstić information content (AvgIpc) is 2.14. The van der Waals surface area contributed by atoms with Crippen LogP contribution in [-0.2, 0) is 4.79 Å². The lowest BCUT2D eigenvalue weighted by atomic mass is 9.82. The monoisotopic (exact) mass is 211 g/mol. The number of hydrogen-bond donors (Lipinski definition) is 0. The van der Waals surface area contributed by atoms with Gasteiger partial charge in [-0.05, 0) is 57.7 Å². The molecule has 0 atom stereocenters. The van der Waals surface area contributed by atoms with E-state index in [-0.39, 0.29) is 0 Å². The Morgan fingerprint density at radius 1 is 1.20 bits per heavy atom. The molecule has 0 unspecified atom stereocenters. The Labute approximate surface area is 94.0 Å². The van der Waals surface area contributed by atoms with E-state index in [0.29, 0.717) is 11.2 Å². The number of rotatable bonds is 5. The summed E-state index contributed by atoms with van der Waals surface area (Å²) < 4.78 is 0. The molecule has 1 rings (SSSR count). The molecule has 1 fully saturated rings. The third kappa shape index (κ3) is 5.31. The summed E-state index contributed by atoms with van der Waals surface area (Å²) in [6.07, 6.45) is 5.65. The summed E-state index contributed by atoms with van der Waals surface area (Å²) in [5, 5.41) is 0. The first kappa shape index (κ1) is 12.7. The SMILES string of the molecule is CC(=O)CCCCN1CCC(C)(C)CC1. The van der Waals surface area contributed by atoms with E-state index in [9.17, 15) is 4.79 Å². The highest BCUT2D eigenvalue weighted by Crippen LogP contribution is 2.29. The zero-order valence-corrected chi connectivity index (χ0v) is 10.5. The molecule has 0 radical (unpaired) electrons. The van der Waals surface area contributed by atoms with Gasteiger partial charge in [-0.3, -0.25) is 0 Å². The Kier molecular flexibility index (Phi) is 4.78. The largest absolute Gasteiger partial charge is 0.303 e. The average molecular weight is 211 g/mol. The number of Topliss-reactive ketones (excluding diaryl/α,β-unsaturated/α-hetero) is 1. The Morgan fingerprint density at radius 3 is 2.33 bits per heavy atom. The van der Waals surface area contributed by atoms with Gasteiger partial charge in [-0.25, -0.2) is 0 Å². The van der Waals surface area contributed by atoms with Crippen molar-refractivity contribution in [2.24, 2.45) is 5.41 Å². The van der Waals surface area contributed by atoms with Crippen LogP contribution in [-0.4, -0.2) is 30.3 Å². The van der Waals surface area contributed by atoms with E-state index in [1.165, 1.54) is 38.9 Å². The van der Waals surface area contributed by atoms with E-state index in [4.69, 9.17) is 0 Å². The van der Waals surface area contributed by atoms with Gasteiger partial charge >= 0.3 is 0 Å². The van der Waals surface area contributed by atoms with Gasteiger partial charge < -0.3 is 9.69 Å². The second kappa shape index (κ2) is 5.64. The van der Waals surface area contributed by atoms with Crippen molar-refractivity contribution < 1.29 is 4.79 Å². The minimum atomic E-state index is 0.328. The molecule has 2 nitrogen and oxygen atoms in total. The zero-order valence-electron chi connectivity index (χ0n) is 10.5. The van der Waals surface area contributed by atoms with Crippen LogP contribution in [0.3, 0.4) is 0 Å². The van der Waals surface area contributed by atoms with Gasteiger partial charge in [0.1, 0.15) is 5.78 Å². The van der Waals surface area contributed by atoms with Crippen molar-refractivity contribution in [3.63, 3.8) is 0 Å². The van der Waals surface area contributed by atoms with E-state index >= 15 is 0 Å². The maximum Gasteiger partial charge on any atom is 0.129 e. The molecule has 0 aromatic carbocycles. The highest BCUT2D eigenvalue weighted by atomic mass is 16.1. The van der Waals surface area contributed by atoms with Gasteiger partial charge in [0, 0.05) is 6.42 Å². The van der Waals surface area contributed by atoms with Crippen LogP contribution >= 0.6 is 0 Å². The molecule has 88 valence electrons. The molecule has 0 amide bonds. The van der Waals surface area contributed by atoms with Gasteiger partial charge in [0.05, 0.1) is 0 Å². The second-order valence-corrected chi connectivity index (χ2v) is 5.66. The molecule has 0 aromatic heterocycles. The highest BCUT2D eigenvalue weighted by Gasteiger charge is 2.24. The minimum absolute atomic E-state index is 0.328. The van der Waals surface area contributed by atoms with Gasteiger partial charge in [0.15, 0.2) is 0 Å². The third-order valence-corrected chi connectivity index (χ3v) is 3.46. The van der Waals surface area contributed by atoms with Gasteiger partial charge in [0.2, 0.25) is 0 Å². The van der Waals surface area contributed by atoms with Crippen molar-refractivity contribution in [1.82, 2.24) is 4.90 Å². The van der Waals surface area contributed by atoms with Crippen molar-refractivity contribution in [3.05, 3.63) is 0 Å². The Bertz CT molecular complexity index is 201. The van der Waals surface area contributed by atoms with Crippen molar-refractivity contribution in [2.45, 2.75) is 52.9 Å². The van der Waals surface area contributed by atoms with Crippen molar-refractivity contribution in [2.75, 3.05) is 19.6 Å². The van der Waals surface area contributed by atoms with E-state index < -0.39 is 0 Å². The van der Waals surface area contributed by atoms with Crippen LogP contribution in [0.5, 0.6) is 0 Å². The van der Waals surface area contributed by atoms with Crippen LogP contribution in [0.4, 0.5) is 0 Å². The van der Waals surface area contributed by atoms with Crippen LogP contribution in [0, 0.1) is 5.41 Å². The fourth-order valence-electron chi connectivity index (χ4n) is 2.09. The topological polar surface area (TPSA) is 20.3 Å². The molecule has 0 saturated carbocycles. The number of likely N-dealkylation sites (tertiary alicyclic amines) is 1. The first-order valence-electron chi connectivity index (χ1n) is 6.21. The molecule has 1 aliphatic rings. The third-order valence-electron chi connectivity index (χ3n) is 3.46. The maximum atomic E-state index is 10.8. The molecule has 2 heteroatoms. The molecule has 0 bridgehead atoms. The standard InChI is InChI=1S/C13H25NO/c1-12(15)6-4-5-9-14-10-7-13(2,3)8-11-14/h4-11H2,1-3H3. The second-order valence-electron chi connectivity index (χ2n) is 5.66. The number of unbranched alkanes of at least 4 members (excludes halogenated alkanes) is 1. The quantitative estimate of drug-likeness (QED) is 0.652. The fourth-order valence-corrected chi connectivity index (χ4v) is 2.09. The summed E-state index contributed by atoms with van der Waals surface area (Å²) in [6, 6.07) is 0. The van der Waals surface area contributed by atoms with Gasteiger partial charge in [-0.2, -0.15) is 0 Å². The number of nitrogens with zero attached hydrogens (tertiary/aromatic N) is 1. The predicted octanol–water partition coefficient (Wildman–Crippen LogP) is 2.87. The molecule has 0 N–H and O–H groups in total. The minimum Gasteiger partial charge on any atom is -0.303 e. The normalized spacial score (nSPS) is 21.5. The predicted molar refractivity (Wildman–Crippen MR) is 64.0 cm³/mol. The highest BCUT2D eigenvalue weighted by molar-refractivity contribution is 5.75. The lowest BCUT2D eigenvalue weighted by Crippen LogP contribution is -2.37. The van der Waals surface area contributed by atoms with Crippen LogP contribution in [0.1, 0.15) is 52.9 Å². The van der Waals surface area contributed by atoms with Crippen LogP contribution in [0.15, 0.2) is 0 Å². The lowest BCUT2D eigenvalue weighted by molar-refractivity contribution is -0.117. The summed E-state index contributed by atoms with van der Waals surface area (Å²) in [5.74, 6) is 0.328. The first-order chi connectivity index (χ1) is 6.99. The molecule has 1 saturated heterocycles. The van der Waals surface area contributed by atoms with Gasteiger partial charge in [-0.1, -0.05) is 13.8 Å². The van der Waals surface area contributed by atoms with E-state index in [2.05, 4.69) is 18.7 Å². The maximum absolute atomic E-state index is 10.8. The molecular weight excluding hydrogens is 186 g/mol. The molecule has 0 spiro atoms. The van der Waals surface area contributed by atoms with Crippen molar-refractivity contribution in [1.29, 1.82) is 0 Å². The lowest BCUT2D eigenvalue weighted by Gasteiger charge is -2.36. The number of hydrogen-bond acceptors (Lipinski definition) is 2. The van der Waals surface area contributed by atoms with Gasteiger partial charge in [-0.15, -0.1) is 0 Å². The molecular formula is C13H25NO. The Hall–Kier alpha value is -0.370. The van der Waals surface area contributed by atoms with Crippen molar-refractivity contribution >= 4 is 5.78 Å². The smallest absolute Gasteiger partial charge is 0.129 e. The van der Waals surface area contributed by atoms with E-state index in [1.807, 2.05) is 0 Å². The summed E-state index contributed by atoms with van der Waals surface area (Å²) in [4.78, 5) is 13.3. The molecule has 1 aliphatic heterocycles. The zero-order chi connectivity index (χ0) is 11.3. The molecule has 0 aromatic rings. The number of carbonyl (C=O) groups is 1. The van der Waals surface area contributed by atoms with Crippen LogP contribution < -0.4 is 0 Å². The molecule has 1 heterocycles. The Morgan fingerprint density at radius 2 is 1.80 bits per heavy atom. The van der Waals surface area contributed by atoms with E-state index in [1.54, 1.807) is 6.92 Å². The number of ketones is 1. The summed E-state index contributed by atoms with van der Waals surface area (Å²) in [5.41, 5.74) is 0.551. The molecule has 15 heavy (non-hydrogen) atoms. The summed E-state index contributed by atoms with van der Waals surface area (Å²) in [7, 11) is 0. The Balaban J connectivity index is 2.06. The summed E-state index contributed by atoms with van der Waals surface area (Å²) >= 11 is 0. The summed E-state index contributed by atoms with van der Waals surface area (Å²) in [6.45, 7) is 10.1. The van der Waals surface area contributed by atoms with Crippen molar-refractivity contribution in [3.8, 4) is 0 Å². The first-order valence-corrected chi connectivity index (χ1v) is 6.21. The fraction of sp³-hybridized carbons (Fsp3) is 0.923. The molecule has 0 aliphatic carbocycles. The van der Waals surface area contributed by atoms with E-state index in [0.717, 1.165) is 12.8 Å². The van der Waals surface area contributed by atoms with Crippen LogP contribution in [0.25, 0.3) is 0 Å². The number of piperidine rings is 1. The number of carbonyl (C=O) groups excluding carboxylic acids is 1. The van der Waals surface area contributed by atoms with Gasteiger partial charge in [0.25, 0.3) is 0 Å².